The van der Waals surface area contributed by atoms with E-state index in [1.807, 2.05) is 6.92 Å². The van der Waals surface area contributed by atoms with Crippen molar-refractivity contribution in [2.24, 2.45) is 0 Å². The van der Waals surface area contributed by atoms with Gasteiger partial charge < -0.3 is 18.9 Å². The second kappa shape index (κ2) is 10.1. The Kier molecular flexibility index (Phi) is 7.19. The molecule has 0 aliphatic carbocycles. The standard InChI is InChI=1S/C22H28N6O6S/c1-13-9-23-20(24-10-13)14(2)15(3)35(29,30)27-22-26-25-21(18-11-33-12-34-18)28(22)19-16(31-4)7-6-8-17(19)32-5/h6-10,14-15,18H,11-12H2,1-5H3,(H,26,27)/t14?,15?,18-/m1/s1. The van der Waals surface area contributed by atoms with E-state index in [-0.39, 0.29) is 19.3 Å². The number of benzene rings is 1. The zero-order chi connectivity index (χ0) is 25.2. The van der Waals surface area contributed by atoms with Crippen LogP contribution in [0.5, 0.6) is 11.5 Å². The first-order valence-corrected chi connectivity index (χ1v) is 12.5. The zero-order valence-electron chi connectivity index (χ0n) is 20.1. The molecule has 1 aliphatic rings. The molecule has 13 heteroatoms. The van der Waals surface area contributed by atoms with E-state index in [0.29, 0.717) is 28.8 Å². The first kappa shape index (κ1) is 24.8. The smallest absolute Gasteiger partial charge is 0.243 e. The van der Waals surface area contributed by atoms with Crippen molar-refractivity contribution >= 4 is 16.0 Å². The Bertz CT molecular complexity index is 1250. The van der Waals surface area contributed by atoms with Gasteiger partial charge in [-0.1, -0.05) is 13.0 Å². The van der Waals surface area contributed by atoms with Crippen molar-refractivity contribution in [2.75, 3.05) is 32.3 Å². The summed E-state index contributed by atoms with van der Waals surface area (Å²) < 4.78 is 53.0. The van der Waals surface area contributed by atoms with Crippen LogP contribution < -0.4 is 14.2 Å². The first-order chi connectivity index (χ1) is 16.8. The Morgan fingerprint density at radius 1 is 1.11 bits per heavy atom. The quantitative estimate of drug-likeness (QED) is 0.462. The Morgan fingerprint density at radius 2 is 1.77 bits per heavy atom. The van der Waals surface area contributed by atoms with Crippen LogP contribution in [0.15, 0.2) is 30.6 Å². The lowest BCUT2D eigenvalue weighted by Gasteiger charge is -2.22. The Labute approximate surface area is 203 Å². The summed E-state index contributed by atoms with van der Waals surface area (Å²) in [6.07, 6.45) is 2.76. The van der Waals surface area contributed by atoms with Gasteiger partial charge in [0.05, 0.1) is 26.1 Å². The van der Waals surface area contributed by atoms with Crippen LogP contribution in [0.3, 0.4) is 0 Å². The van der Waals surface area contributed by atoms with Crippen LogP contribution in [0.2, 0.25) is 0 Å². The van der Waals surface area contributed by atoms with Crippen LogP contribution in [0.1, 0.15) is 43.1 Å². The van der Waals surface area contributed by atoms with Gasteiger partial charge in [-0.2, -0.15) is 0 Å². The summed E-state index contributed by atoms with van der Waals surface area (Å²) in [6.45, 7) is 5.55. The van der Waals surface area contributed by atoms with E-state index in [4.69, 9.17) is 18.9 Å². The third-order valence-corrected chi connectivity index (χ3v) is 7.71. The molecule has 1 aromatic carbocycles. The maximum Gasteiger partial charge on any atom is 0.243 e. The largest absolute Gasteiger partial charge is 0.494 e. The summed E-state index contributed by atoms with van der Waals surface area (Å²) in [7, 11) is -0.944. The average molecular weight is 505 g/mol. The fourth-order valence-corrected chi connectivity index (χ4v) is 4.89. The van der Waals surface area contributed by atoms with Crippen LogP contribution in [0, 0.1) is 6.92 Å². The van der Waals surface area contributed by atoms with Crippen molar-refractivity contribution in [2.45, 2.75) is 38.0 Å². The topological polar surface area (TPSA) is 140 Å². The summed E-state index contributed by atoms with van der Waals surface area (Å²) in [4.78, 5) is 8.57. The predicted octanol–water partition coefficient (Wildman–Crippen LogP) is 2.36. The van der Waals surface area contributed by atoms with E-state index in [0.717, 1.165) is 5.56 Å². The molecule has 12 nitrogen and oxygen atoms in total. The number of ether oxygens (including phenoxy) is 4. The Balaban J connectivity index is 1.76. The van der Waals surface area contributed by atoms with Crippen LogP contribution in [0.25, 0.3) is 5.69 Å². The van der Waals surface area contributed by atoms with Crippen LogP contribution in [-0.2, 0) is 19.5 Å². The molecule has 0 amide bonds. The number of para-hydroxylation sites is 1. The molecule has 1 fully saturated rings. The van der Waals surface area contributed by atoms with Gasteiger partial charge in [0.25, 0.3) is 0 Å². The fraction of sp³-hybridized carbons (Fsp3) is 0.455. The second-order valence-electron chi connectivity index (χ2n) is 8.13. The average Bonchev–Trinajstić information content (AvgIpc) is 3.52. The summed E-state index contributed by atoms with van der Waals surface area (Å²) in [5, 5.41) is 7.49. The molecule has 1 saturated heterocycles. The number of anilines is 1. The third kappa shape index (κ3) is 4.92. The minimum absolute atomic E-state index is 0.0397. The van der Waals surface area contributed by atoms with Crippen molar-refractivity contribution in [1.29, 1.82) is 0 Å². The molecule has 3 atom stereocenters. The van der Waals surface area contributed by atoms with Gasteiger partial charge >= 0.3 is 0 Å². The normalized spacial score (nSPS) is 17.7. The second-order valence-corrected chi connectivity index (χ2v) is 10.2. The van der Waals surface area contributed by atoms with Crippen LogP contribution in [-0.4, -0.2) is 66.0 Å². The van der Waals surface area contributed by atoms with Gasteiger partial charge in [-0.15, -0.1) is 10.2 Å². The van der Waals surface area contributed by atoms with Gasteiger partial charge in [0.2, 0.25) is 16.0 Å². The molecule has 35 heavy (non-hydrogen) atoms. The van der Waals surface area contributed by atoms with E-state index in [1.165, 1.54) is 18.8 Å². The fourth-order valence-electron chi connectivity index (χ4n) is 3.66. The Morgan fingerprint density at radius 3 is 2.34 bits per heavy atom. The first-order valence-electron chi connectivity index (χ1n) is 10.9. The number of hydrogen-bond acceptors (Lipinski definition) is 10. The molecule has 0 radical (unpaired) electrons. The number of rotatable bonds is 9. The number of hydrogen-bond donors (Lipinski definition) is 1. The maximum absolute atomic E-state index is 13.4. The highest BCUT2D eigenvalue weighted by atomic mass is 32.2. The minimum atomic E-state index is -3.96. The summed E-state index contributed by atoms with van der Waals surface area (Å²) >= 11 is 0. The van der Waals surface area contributed by atoms with Crippen molar-refractivity contribution in [3.8, 4) is 17.2 Å². The molecule has 2 unspecified atom stereocenters. The summed E-state index contributed by atoms with van der Waals surface area (Å²) in [5.41, 5.74) is 1.31. The maximum atomic E-state index is 13.4. The molecule has 3 aromatic rings. The molecule has 188 valence electrons. The molecule has 0 bridgehead atoms. The lowest BCUT2D eigenvalue weighted by atomic mass is 10.1. The number of nitrogens with one attached hydrogen (secondary N) is 1. The molecular formula is C22H28N6O6S. The number of nitrogens with zero attached hydrogens (tertiary/aromatic N) is 5. The molecular weight excluding hydrogens is 476 g/mol. The van der Waals surface area contributed by atoms with Gasteiger partial charge in [-0.25, -0.2) is 18.4 Å². The van der Waals surface area contributed by atoms with E-state index >= 15 is 0 Å². The highest BCUT2D eigenvalue weighted by Crippen LogP contribution is 2.38. The van der Waals surface area contributed by atoms with Gasteiger partial charge in [-0.3, -0.25) is 9.29 Å². The van der Waals surface area contributed by atoms with Gasteiger partial charge in [0, 0.05) is 18.3 Å². The lowest BCUT2D eigenvalue weighted by Crippen LogP contribution is -2.31. The zero-order valence-corrected chi connectivity index (χ0v) is 20.9. The van der Waals surface area contributed by atoms with Crippen LogP contribution >= 0.6 is 0 Å². The molecule has 4 rings (SSSR count). The van der Waals surface area contributed by atoms with Crippen molar-refractivity contribution in [1.82, 2.24) is 24.7 Å². The van der Waals surface area contributed by atoms with Crippen LogP contribution in [0.4, 0.5) is 5.95 Å². The van der Waals surface area contributed by atoms with E-state index < -0.39 is 27.3 Å². The number of sulfonamides is 1. The van der Waals surface area contributed by atoms with Crippen molar-refractivity contribution in [3.05, 3.63) is 47.8 Å². The summed E-state index contributed by atoms with van der Waals surface area (Å²) in [5.74, 6) is 1.10. The summed E-state index contributed by atoms with van der Waals surface area (Å²) in [6, 6.07) is 5.21. The van der Waals surface area contributed by atoms with E-state index in [9.17, 15) is 8.42 Å². The molecule has 0 saturated carbocycles. The lowest BCUT2D eigenvalue weighted by molar-refractivity contribution is 0.0438. The molecule has 0 spiro atoms. The third-order valence-electron chi connectivity index (χ3n) is 5.86. The van der Waals surface area contributed by atoms with Crippen molar-refractivity contribution in [3.63, 3.8) is 0 Å². The highest BCUT2D eigenvalue weighted by molar-refractivity contribution is 7.93. The van der Waals surface area contributed by atoms with Gasteiger partial charge in [0.15, 0.2) is 5.82 Å². The van der Waals surface area contributed by atoms with E-state index in [2.05, 4.69) is 24.9 Å². The molecule has 1 aliphatic heterocycles. The minimum Gasteiger partial charge on any atom is -0.494 e. The predicted molar refractivity (Wildman–Crippen MR) is 126 cm³/mol. The number of aromatic nitrogens is 5. The van der Waals surface area contributed by atoms with Gasteiger partial charge in [-0.05, 0) is 31.5 Å². The number of aryl methyl sites for hydroxylation is 1. The number of methoxy groups -OCH3 is 2. The SMILES string of the molecule is COc1cccc(OC)c1-n1c(NS(=O)(=O)C(C)C(C)c2ncc(C)cn2)nnc1[C@H]1COCO1. The molecule has 1 N–H and O–H groups in total. The monoisotopic (exact) mass is 504 g/mol. The Hall–Kier alpha value is -3.29. The molecule has 3 heterocycles. The van der Waals surface area contributed by atoms with Crippen molar-refractivity contribution < 1.29 is 27.4 Å². The molecule has 2 aromatic heterocycles. The van der Waals surface area contributed by atoms with Gasteiger partial charge in [0.1, 0.15) is 35.9 Å². The highest BCUT2D eigenvalue weighted by Gasteiger charge is 2.34. The van der Waals surface area contributed by atoms with E-state index in [1.54, 1.807) is 44.4 Å².